The van der Waals surface area contributed by atoms with E-state index in [0.717, 1.165) is 37.5 Å². The van der Waals surface area contributed by atoms with E-state index < -0.39 is 15.3 Å². The molecular formula is C15H17FN2O3S. The Balaban J connectivity index is 2.02. The van der Waals surface area contributed by atoms with E-state index in [1.54, 1.807) is 6.07 Å². The molecule has 1 aliphatic rings. The molecule has 1 aromatic heterocycles. The van der Waals surface area contributed by atoms with Crippen molar-refractivity contribution in [3.05, 3.63) is 47.4 Å². The predicted octanol–water partition coefficient (Wildman–Crippen LogP) is 2.61. The van der Waals surface area contributed by atoms with Crippen molar-refractivity contribution in [2.24, 2.45) is 0 Å². The lowest BCUT2D eigenvalue weighted by molar-refractivity contribution is 0.309. The van der Waals surface area contributed by atoms with E-state index in [4.69, 9.17) is 4.52 Å². The van der Waals surface area contributed by atoms with Crippen LogP contribution in [0.4, 0.5) is 4.39 Å². The fourth-order valence-electron chi connectivity index (χ4n) is 3.13. The third kappa shape index (κ3) is 2.90. The zero-order valence-electron chi connectivity index (χ0n) is 12.3. The van der Waals surface area contributed by atoms with E-state index in [-0.39, 0.29) is 17.4 Å². The summed E-state index contributed by atoms with van der Waals surface area (Å²) in [5.74, 6) is -0.0236. The number of aromatic nitrogens is 2. The van der Waals surface area contributed by atoms with Gasteiger partial charge in [0.1, 0.15) is 11.6 Å². The molecule has 0 unspecified atom stereocenters. The van der Waals surface area contributed by atoms with Crippen LogP contribution in [-0.2, 0) is 21.0 Å². The highest BCUT2D eigenvalue weighted by atomic mass is 32.2. The number of sulfone groups is 1. The molecule has 2 aromatic rings. The van der Waals surface area contributed by atoms with Crippen LogP contribution in [0.25, 0.3) is 0 Å². The molecule has 22 heavy (non-hydrogen) atoms. The lowest BCUT2D eigenvalue weighted by Gasteiger charge is -2.25. The molecule has 0 N–H and O–H groups in total. The van der Waals surface area contributed by atoms with E-state index in [1.165, 1.54) is 12.1 Å². The van der Waals surface area contributed by atoms with Crippen LogP contribution in [0.1, 0.15) is 43.0 Å². The third-order valence-corrected chi connectivity index (χ3v) is 4.89. The van der Waals surface area contributed by atoms with Gasteiger partial charge in [-0.25, -0.2) is 12.8 Å². The zero-order chi connectivity index (χ0) is 15.8. The summed E-state index contributed by atoms with van der Waals surface area (Å²) >= 11 is 0. The van der Waals surface area contributed by atoms with Crippen LogP contribution in [-0.4, -0.2) is 24.8 Å². The van der Waals surface area contributed by atoms with E-state index in [1.807, 2.05) is 6.07 Å². The van der Waals surface area contributed by atoms with Crippen molar-refractivity contribution in [3.8, 4) is 0 Å². The third-order valence-electron chi connectivity index (χ3n) is 4.10. The largest absolute Gasteiger partial charge is 0.338 e. The summed E-state index contributed by atoms with van der Waals surface area (Å²) in [6.07, 6.45) is 4.68. The molecule has 118 valence electrons. The minimum Gasteiger partial charge on any atom is -0.338 e. The monoisotopic (exact) mass is 324 g/mol. The Bertz CT molecular complexity index is 780. The van der Waals surface area contributed by atoms with E-state index >= 15 is 0 Å². The Kier molecular flexibility index (Phi) is 3.76. The van der Waals surface area contributed by atoms with Crippen LogP contribution in [0.3, 0.4) is 0 Å². The highest BCUT2D eigenvalue weighted by Crippen LogP contribution is 2.45. The van der Waals surface area contributed by atoms with Crippen molar-refractivity contribution in [2.75, 3.05) is 6.26 Å². The Morgan fingerprint density at radius 1 is 1.32 bits per heavy atom. The molecule has 3 rings (SSSR count). The van der Waals surface area contributed by atoms with Crippen molar-refractivity contribution in [2.45, 2.75) is 36.9 Å². The van der Waals surface area contributed by atoms with Crippen molar-refractivity contribution in [1.29, 1.82) is 0 Å². The zero-order valence-corrected chi connectivity index (χ0v) is 13.1. The quantitative estimate of drug-likeness (QED) is 0.864. The molecule has 0 amide bonds. The highest BCUT2D eigenvalue weighted by Gasteiger charge is 2.42. The van der Waals surface area contributed by atoms with Gasteiger partial charge in [0.05, 0.1) is 5.41 Å². The lowest BCUT2D eigenvalue weighted by Crippen LogP contribution is -2.24. The maximum atomic E-state index is 13.6. The minimum atomic E-state index is -3.22. The van der Waals surface area contributed by atoms with Crippen molar-refractivity contribution in [3.63, 3.8) is 0 Å². The van der Waals surface area contributed by atoms with Crippen LogP contribution in [0, 0.1) is 5.82 Å². The molecule has 0 saturated heterocycles. The SMILES string of the molecule is CS(=O)(=O)Cc1noc(C2(c3cccc(F)c3)CCCC2)n1. The molecule has 1 fully saturated rings. The van der Waals surface area contributed by atoms with E-state index in [9.17, 15) is 12.8 Å². The number of nitrogens with zero attached hydrogens (tertiary/aromatic N) is 2. The summed E-state index contributed by atoms with van der Waals surface area (Å²) in [6, 6.07) is 6.41. The molecule has 0 bridgehead atoms. The molecular weight excluding hydrogens is 307 g/mol. The van der Waals surface area contributed by atoms with Crippen molar-refractivity contribution >= 4 is 9.84 Å². The van der Waals surface area contributed by atoms with Gasteiger partial charge in [0.15, 0.2) is 15.7 Å². The minimum absolute atomic E-state index is 0.153. The van der Waals surface area contributed by atoms with Gasteiger partial charge in [0.2, 0.25) is 5.89 Å². The Morgan fingerprint density at radius 2 is 2.05 bits per heavy atom. The van der Waals surface area contributed by atoms with Gasteiger partial charge >= 0.3 is 0 Å². The van der Waals surface area contributed by atoms with Crippen LogP contribution in [0.15, 0.2) is 28.8 Å². The standard InChI is InChI=1S/C15H17FN2O3S/c1-22(19,20)10-13-17-14(21-18-13)15(7-2-3-8-15)11-5-4-6-12(16)9-11/h4-6,9H,2-3,7-8,10H2,1H3. The number of halogens is 1. The van der Waals surface area contributed by atoms with Gasteiger partial charge in [-0.3, -0.25) is 0 Å². The van der Waals surface area contributed by atoms with E-state index in [0.29, 0.717) is 5.89 Å². The molecule has 1 heterocycles. The van der Waals surface area contributed by atoms with Crippen LogP contribution >= 0.6 is 0 Å². The molecule has 5 nitrogen and oxygen atoms in total. The average molecular weight is 324 g/mol. The smallest absolute Gasteiger partial charge is 0.237 e. The Morgan fingerprint density at radius 3 is 2.68 bits per heavy atom. The number of hydrogen-bond acceptors (Lipinski definition) is 5. The first-order chi connectivity index (χ1) is 10.4. The number of rotatable bonds is 4. The lowest BCUT2D eigenvalue weighted by atomic mass is 9.78. The number of hydrogen-bond donors (Lipinski definition) is 0. The Labute approximate surface area is 128 Å². The second kappa shape index (κ2) is 5.46. The second-order valence-electron chi connectivity index (χ2n) is 5.89. The fourth-order valence-corrected chi connectivity index (χ4v) is 3.72. The van der Waals surface area contributed by atoms with Crippen LogP contribution < -0.4 is 0 Å². The maximum Gasteiger partial charge on any atom is 0.237 e. The summed E-state index contributed by atoms with van der Waals surface area (Å²) in [4.78, 5) is 4.28. The van der Waals surface area contributed by atoms with Gasteiger partial charge in [0.25, 0.3) is 0 Å². The topological polar surface area (TPSA) is 73.1 Å². The van der Waals surface area contributed by atoms with Gasteiger partial charge < -0.3 is 4.52 Å². The first-order valence-electron chi connectivity index (χ1n) is 7.16. The first kappa shape index (κ1) is 15.1. The maximum absolute atomic E-state index is 13.6. The van der Waals surface area contributed by atoms with E-state index in [2.05, 4.69) is 10.1 Å². The summed E-state index contributed by atoms with van der Waals surface area (Å²) in [7, 11) is -3.22. The average Bonchev–Trinajstić information content (AvgIpc) is 3.06. The van der Waals surface area contributed by atoms with Gasteiger partial charge in [0, 0.05) is 6.26 Å². The Hall–Kier alpha value is -1.76. The molecule has 1 saturated carbocycles. The summed E-state index contributed by atoms with van der Waals surface area (Å²) in [6.45, 7) is 0. The van der Waals surface area contributed by atoms with Gasteiger partial charge in [-0.1, -0.05) is 30.1 Å². The van der Waals surface area contributed by atoms with Crippen LogP contribution in [0.2, 0.25) is 0 Å². The summed E-state index contributed by atoms with van der Waals surface area (Å²) in [5, 5.41) is 3.78. The summed E-state index contributed by atoms with van der Waals surface area (Å²) in [5.41, 5.74) is 0.296. The first-order valence-corrected chi connectivity index (χ1v) is 9.22. The van der Waals surface area contributed by atoms with Crippen molar-refractivity contribution < 1.29 is 17.3 Å². The second-order valence-corrected chi connectivity index (χ2v) is 8.03. The fraction of sp³-hybridized carbons (Fsp3) is 0.467. The number of benzene rings is 1. The summed E-state index contributed by atoms with van der Waals surface area (Å²) < 4.78 is 41.6. The molecule has 7 heteroatoms. The normalized spacial score (nSPS) is 17.7. The van der Waals surface area contributed by atoms with Gasteiger partial charge in [-0.15, -0.1) is 0 Å². The predicted molar refractivity (Wildman–Crippen MR) is 78.5 cm³/mol. The van der Waals surface area contributed by atoms with Gasteiger partial charge in [-0.2, -0.15) is 4.98 Å². The molecule has 0 atom stereocenters. The molecule has 0 spiro atoms. The highest BCUT2D eigenvalue weighted by molar-refractivity contribution is 7.89. The molecule has 0 radical (unpaired) electrons. The molecule has 1 aromatic carbocycles. The molecule has 1 aliphatic carbocycles. The molecule has 0 aliphatic heterocycles. The van der Waals surface area contributed by atoms with Gasteiger partial charge in [-0.05, 0) is 30.5 Å². The van der Waals surface area contributed by atoms with Crippen molar-refractivity contribution in [1.82, 2.24) is 10.1 Å². The van der Waals surface area contributed by atoms with Crippen LogP contribution in [0.5, 0.6) is 0 Å².